The average molecular weight is 877 g/mol. The summed E-state index contributed by atoms with van der Waals surface area (Å²) in [6.45, 7) is 9.44. The maximum atomic E-state index is 4.72. The maximum Gasteiger partial charge on any atom is 2.00 e. The molecule has 0 saturated carbocycles. The van der Waals surface area contributed by atoms with Crippen molar-refractivity contribution in [2.24, 2.45) is 0 Å². The summed E-state index contributed by atoms with van der Waals surface area (Å²) >= 11 is 0. The summed E-state index contributed by atoms with van der Waals surface area (Å²) in [6, 6.07) is 50.8. The van der Waals surface area contributed by atoms with Crippen LogP contribution in [0, 0.1) is 24.3 Å². The largest absolute Gasteiger partial charge is 2.00 e. The molecule has 51 heavy (non-hydrogen) atoms. The third-order valence-corrected chi connectivity index (χ3v) is 16.1. The molecule has 0 radical (unpaired) electrons. The molecule has 0 fully saturated rings. The predicted octanol–water partition coefficient (Wildman–Crippen LogP) is 6.54. The number of aromatic nitrogens is 5. The van der Waals surface area contributed by atoms with Gasteiger partial charge in [0.1, 0.15) is 0 Å². The quantitative estimate of drug-likeness (QED) is 0.135. The van der Waals surface area contributed by atoms with Gasteiger partial charge in [-0.25, -0.2) is 9.97 Å². The van der Waals surface area contributed by atoms with Gasteiger partial charge >= 0.3 is 40.8 Å². The van der Waals surface area contributed by atoms with Gasteiger partial charge in [-0.1, -0.05) is 61.5 Å². The predicted molar refractivity (Wildman–Crippen MR) is 205 cm³/mol. The first-order valence-corrected chi connectivity index (χ1v) is 22.4. The van der Waals surface area contributed by atoms with E-state index in [1.165, 1.54) is 20.7 Å². The van der Waals surface area contributed by atoms with Crippen LogP contribution in [0.4, 0.5) is 0 Å². The number of rotatable bonds is 7. The molecular weight excluding hydrogens is 844 g/mol. The molecule has 4 heterocycles. The molecule has 8 rings (SSSR count). The molecule has 0 bridgehead atoms. The SMILES string of the molecule is C[Si](C)(c1[c-]c(-c2ccccn2)ccc1)c1[c-]c2c(cc1)c1ccc([Si](C)(C)c3[c-]c(-c4ccccn4)ccc3)[c-]c1n2-c1ncccn1.[Pd+2].[Pd+2]. The molecule has 4 aromatic carbocycles. The van der Waals surface area contributed by atoms with Gasteiger partial charge in [-0.2, -0.15) is 57.5 Å². The van der Waals surface area contributed by atoms with Crippen LogP contribution in [0.1, 0.15) is 0 Å². The number of pyridine rings is 2. The summed E-state index contributed by atoms with van der Waals surface area (Å²) in [4.78, 5) is 18.6. The van der Waals surface area contributed by atoms with Gasteiger partial charge in [0.15, 0.2) is 0 Å². The number of hydrogen-bond acceptors (Lipinski definition) is 4. The van der Waals surface area contributed by atoms with Gasteiger partial charge in [-0.3, -0.25) is 0 Å². The second-order valence-electron chi connectivity index (χ2n) is 13.3. The first-order chi connectivity index (χ1) is 23.8. The molecule has 8 aromatic rings. The van der Waals surface area contributed by atoms with E-state index in [9.17, 15) is 0 Å². The van der Waals surface area contributed by atoms with Crippen molar-refractivity contribution < 1.29 is 40.8 Å². The fourth-order valence-electron chi connectivity index (χ4n) is 6.50. The fourth-order valence-corrected chi connectivity index (χ4v) is 10.9. The van der Waals surface area contributed by atoms with Gasteiger partial charge in [-0.05, 0) is 29.6 Å². The van der Waals surface area contributed by atoms with Crippen molar-refractivity contribution in [2.45, 2.75) is 26.2 Å². The smallest absolute Gasteiger partial charge is 0.328 e. The van der Waals surface area contributed by atoms with Crippen molar-refractivity contribution in [2.75, 3.05) is 0 Å². The van der Waals surface area contributed by atoms with E-state index < -0.39 is 16.1 Å². The van der Waals surface area contributed by atoms with E-state index in [2.05, 4.69) is 126 Å². The summed E-state index contributed by atoms with van der Waals surface area (Å²) < 4.78 is 2.13. The maximum absolute atomic E-state index is 4.72. The summed E-state index contributed by atoms with van der Waals surface area (Å²) in [5.74, 6) is 0.607. The second kappa shape index (κ2) is 14.8. The van der Waals surface area contributed by atoms with Crippen LogP contribution in [-0.2, 0) is 40.8 Å². The minimum Gasteiger partial charge on any atom is -0.328 e. The van der Waals surface area contributed by atoms with Gasteiger partial charge in [0.25, 0.3) is 0 Å². The van der Waals surface area contributed by atoms with Crippen molar-refractivity contribution in [3.8, 4) is 28.5 Å². The second-order valence-corrected chi connectivity index (χ2v) is 21.9. The van der Waals surface area contributed by atoms with Crippen molar-refractivity contribution in [1.29, 1.82) is 0 Å². The van der Waals surface area contributed by atoms with Crippen LogP contribution in [0.2, 0.25) is 26.2 Å². The monoisotopic (exact) mass is 875 g/mol. The molecule has 5 nitrogen and oxygen atoms in total. The van der Waals surface area contributed by atoms with Crippen molar-refractivity contribution in [3.05, 3.63) is 152 Å². The molecule has 0 N–H and O–H groups in total. The van der Waals surface area contributed by atoms with Crippen LogP contribution >= 0.6 is 0 Å². The van der Waals surface area contributed by atoms with Crippen LogP contribution < -0.4 is 20.7 Å². The molecule has 0 spiro atoms. The molecule has 0 aliphatic carbocycles. The summed E-state index contributed by atoms with van der Waals surface area (Å²) in [6.07, 6.45) is 7.24. The molecule has 0 amide bonds. The van der Waals surface area contributed by atoms with E-state index in [1.807, 2.05) is 54.9 Å². The average Bonchev–Trinajstić information content (AvgIpc) is 3.49. The number of fused-ring (bicyclic) bond motifs is 3. The molecule has 0 aliphatic heterocycles. The topological polar surface area (TPSA) is 56.5 Å². The summed E-state index contributed by atoms with van der Waals surface area (Å²) in [5, 5.41) is 6.99. The number of nitrogens with zero attached hydrogens (tertiary/aromatic N) is 5. The first-order valence-electron chi connectivity index (χ1n) is 16.4. The van der Waals surface area contributed by atoms with Gasteiger partial charge in [-0.15, -0.1) is 70.0 Å². The molecule has 0 atom stereocenters. The Labute approximate surface area is 328 Å². The van der Waals surface area contributed by atoms with E-state index in [4.69, 9.17) is 9.97 Å². The third kappa shape index (κ3) is 6.79. The van der Waals surface area contributed by atoms with E-state index in [1.54, 1.807) is 12.4 Å². The van der Waals surface area contributed by atoms with Crippen LogP contribution in [0.15, 0.2) is 128 Å². The molecule has 4 aromatic heterocycles. The van der Waals surface area contributed by atoms with E-state index >= 15 is 0 Å². The minimum atomic E-state index is -2.23. The molecule has 0 saturated heterocycles. The van der Waals surface area contributed by atoms with Crippen LogP contribution in [0.3, 0.4) is 0 Å². The Balaban J connectivity index is 0.00000224. The molecule has 0 aliphatic rings. The third-order valence-electron chi connectivity index (χ3n) is 9.50. The standard InChI is InChI=1S/C42H33N5Si2.2Pd/c1-48(2,32-14-9-12-30(26-32)38-16-5-7-22-43-38)34-18-20-36-37-21-19-35(29-41(37)47(40(36)28-34)42-45-24-11-25-46-42)49(3,4)33-15-10-13-31(27-33)39-17-6-8-23-44-39;;/h5-25H,1-4H3;;/q-4;2*+2. The number of hydrogen-bond donors (Lipinski definition) is 0. The zero-order chi connectivity index (χ0) is 33.6. The van der Waals surface area contributed by atoms with Crippen molar-refractivity contribution >= 4 is 58.7 Å². The summed E-state index contributed by atoms with van der Waals surface area (Å²) in [7, 11) is -4.47. The summed E-state index contributed by atoms with van der Waals surface area (Å²) in [5.41, 5.74) is 5.77. The number of benzene rings is 4. The normalized spacial score (nSPS) is 11.6. The first kappa shape index (κ1) is 36.6. The Morgan fingerprint density at radius 1 is 0.431 bits per heavy atom. The van der Waals surface area contributed by atoms with Crippen LogP contribution in [0.5, 0.6) is 0 Å². The molecule has 254 valence electrons. The van der Waals surface area contributed by atoms with Crippen LogP contribution in [0.25, 0.3) is 50.3 Å². The van der Waals surface area contributed by atoms with E-state index in [-0.39, 0.29) is 40.8 Å². The van der Waals surface area contributed by atoms with Gasteiger partial charge in [0.2, 0.25) is 5.95 Å². The molecular formula is C42H33N5Pd2Si2. The van der Waals surface area contributed by atoms with E-state index in [0.717, 1.165) is 44.3 Å². The van der Waals surface area contributed by atoms with Crippen LogP contribution in [-0.4, -0.2) is 40.7 Å². The van der Waals surface area contributed by atoms with Gasteiger partial charge in [0.05, 0.1) is 16.1 Å². The fraction of sp³-hybridized carbons (Fsp3) is 0.0952. The van der Waals surface area contributed by atoms with Gasteiger partial charge in [0, 0.05) is 24.8 Å². The minimum absolute atomic E-state index is 0. The Hall–Kier alpha value is -4.18. The van der Waals surface area contributed by atoms with E-state index in [0.29, 0.717) is 5.95 Å². The zero-order valence-corrected chi connectivity index (χ0v) is 33.6. The zero-order valence-electron chi connectivity index (χ0n) is 28.5. The van der Waals surface area contributed by atoms with Gasteiger partial charge < -0.3 is 14.5 Å². The molecule has 9 heteroatoms. The van der Waals surface area contributed by atoms with Crippen molar-refractivity contribution in [1.82, 2.24) is 24.5 Å². The molecule has 0 unspecified atom stereocenters. The Bertz CT molecular complexity index is 2300. The Morgan fingerprint density at radius 3 is 1.29 bits per heavy atom. The van der Waals surface area contributed by atoms with Crippen molar-refractivity contribution in [3.63, 3.8) is 0 Å². The Morgan fingerprint density at radius 2 is 0.863 bits per heavy atom. The Kier molecular flexibility index (Phi) is 10.6.